The first kappa shape index (κ1) is 12.2. The van der Waals surface area contributed by atoms with E-state index in [1.54, 1.807) is 0 Å². The molecule has 1 rings (SSSR count). The van der Waals surface area contributed by atoms with Crippen LogP contribution < -0.4 is 10.2 Å². The third kappa shape index (κ3) is 3.32. The number of halogens is 4. The molecule has 1 aromatic carbocycles. The molecule has 0 atom stereocenters. The van der Waals surface area contributed by atoms with Crippen LogP contribution in [-0.2, 0) is 4.74 Å². The number of benzene rings is 1. The predicted octanol–water partition coefficient (Wildman–Crippen LogP) is 2.38. The minimum atomic E-state index is -5.04. The molecular weight excluding hydrogens is 231 g/mol. The normalized spacial score (nSPS) is 11.5. The molecule has 0 aliphatic carbocycles. The highest BCUT2D eigenvalue weighted by Crippen LogP contribution is 2.24. The second kappa shape index (κ2) is 4.76. The first-order chi connectivity index (χ1) is 6.95. The van der Waals surface area contributed by atoms with Crippen molar-refractivity contribution < 1.29 is 22.4 Å². The van der Waals surface area contributed by atoms with Crippen molar-refractivity contribution in [3.05, 3.63) is 23.2 Å². The second-order valence-electron chi connectivity index (χ2n) is 2.82. The Balaban J connectivity index is 2.95. The smallest absolute Gasteiger partial charge is 0.466 e. The summed E-state index contributed by atoms with van der Waals surface area (Å²) in [4.78, 5) is 0. The van der Waals surface area contributed by atoms with Crippen molar-refractivity contribution in [2.75, 3.05) is 13.9 Å². The molecule has 84 valence electrons. The summed E-state index contributed by atoms with van der Waals surface area (Å²) in [6.45, 7) is -5.18. The molecule has 1 aromatic rings. The molecule has 0 saturated carbocycles. The van der Waals surface area contributed by atoms with Gasteiger partial charge < -0.3 is 22.4 Å². The summed E-state index contributed by atoms with van der Waals surface area (Å²) in [5.41, 5.74) is -0.745. The summed E-state index contributed by atoms with van der Waals surface area (Å²) in [7, 11) is 1.37. The van der Waals surface area contributed by atoms with E-state index in [0.29, 0.717) is 0 Å². The molecule has 0 amide bonds. The Morgan fingerprint density at radius 1 is 1.33 bits per heavy atom. The van der Waals surface area contributed by atoms with Crippen LogP contribution in [-0.4, -0.2) is 20.9 Å². The largest absolute Gasteiger partial charge is 0.509 e. The van der Waals surface area contributed by atoms with Crippen molar-refractivity contribution in [2.24, 2.45) is 0 Å². The Labute approximate surface area is 90.0 Å². The zero-order valence-electron chi connectivity index (χ0n) is 7.84. The molecular formula is C8H8BClF3O2-. The van der Waals surface area contributed by atoms with Crippen LogP contribution in [0, 0.1) is 0 Å². The summed E-state index contributed by atoms with van der Waals surface area (Å²) in [6, 6.07) is 2.93. The Hall–Kier alpha value is -0.875. The number of hydrogen-bond acceptors (Lipinski definition) is 2. The molecule has 0 aromatic heterocycles. The van der Waals surface area contributed by atoms with Crippen LogP contribution in [0.5, 0.6) is 5.75 Å². The van der Waals surface area contributed by atoms with Crippen molar-refractivity contribution >= 4 is 24.0 Å². The first-order valence-corrected chi connectivity index (χ1v) is 4.44. The monoisotopic (exact) mass is 239 g/mol. The minimum Gasteiger partial charge on any atom is -0.466 e. The van der Waals surface area contributed by atoms with E-state index in [1.165, 1.54) is 7.11 Å². The van der Waals surface area contributed by atoms with Crippen LogP contribution in [0.2, 0.25) is 5.02 Å². The van der Waals surface area contributed by atoms with Crippen LogP contribution in [0.4, 0.5) is 12.9 Å². The predicted molar refractivity (Wildman–Crippen MR) is 52.7 cm³/mol. The standard InChI is InChI=1S/C8H8BClF3O2/c1-14-5-15-8-4-6(9(11,12)13)2-3-7(8)10/h2-4H,5H2,1H3/q-1. The molecule has 0 saturated heterocycles. The Morgan fingerprint density at radius 3 is 2.53 bits per heavy atom. The molecule has 0 N–H and O–H groups in total. The van der Waals surface area contributed by atoms with Crippen LogP contribution >= 0.6 is 11.6 Å². The number of methoxy groups -OCH3 is 1. The van der Waals surface area contributed by atoms with Gasteiger partial charge in [0, 0.05) is 7.11 Å². The molecule has 0 heterocycles. The summed E-state index contributed by atoms with van der Waals surface area (Å²) in [6.07, 6.45) is 0. The van der Waals surface area contributed by atoms with Gasteiger partial charge in [0.2, 0.25) is 0 Å². The van der Waals surface area contributed by atoms with Crippen molar-refractivity contribution in [3.8, 4) is 5.75 Å². The highest BCUT2D eigenvalue weighted by molar-refractivity contribution is 6.73. The van der Waals surface area contributed by atoms with E-state index in [0.717, 1.165) is 18.2 Å². The molecule has 0 aliphatic heterocycles. The van der Waals surface area contributed by atoms with E-state index in [9.17, 15) is 12.9 Å². The quantitative estimate of drug-likeness (QED) is 0.593. The van der Waals surface area contributed by atoms with Crippen LogP contribution in [0.15, 0.2) is 18.2 Å². The van der Waals surface area contributed by atoms with Crippen molar-refractivity contribution in [1.29, 1.82) is 0 Å². The third-order valence-electron chi connectivity index (χ3n) is 1.67. The van der Waals surface area contributed by atoms with Gasteiger partial charge in [-0.2, -0.15) is 0 Å². The van der Waals surface area contributed by atoms with Crippen LogP contribution in [0.1, 0.15) is 0 Å². The Kier molecular flexibility index (Phi) is 3.87. The fourth-order valence-electron chi connectivity index (χ4n) is 0.957. The van der Waals surface area contributed by atoms with Gasteiger partial charge in [-0.1, -0.05) is 17.7 Å². The lowest BCUT2D eigenvalue weighted by Crippen LogP contribution is -2.33. The first-order valence-electron chi connectivity index (χ1n) is 4.06. The van der Waals surface area contributed by atoms with Crippen molar-refractivity contribution in [1.82, 2.24) is 0 Å². The van der Waals surface area contributed by atoms with Crippen molar-refractivity contribution in [3.63, 3.8) is 0 Å². The average molecular weight is 239 g/mol. The van der Waals surface area contributed by atoms with E-state index in [4.69, 9.17) is 16.3 Å². The average Bonchev–Trinajstić information content (AvgIpc) is 2.15. The lowest BCUT2D eigenvalue weighted by Gasteiger charge is -2.16. The lowest BCUT2D eigenvalue weighted by molar-refractivity contribution is 0.0512. The molecule has 0 fully saturated rings. The molecule has 0 unspecified atom stereocenters. The highest BCUT2D eigenvalue weighted by Gasteiger charge is 2.26. The summed E-state index contributed by atoms with van der Waals surface area (Å²) < 4.78 is 46.5. The third-order valence-corrected chi connectivity index (χ3v) is 1.98. The number of ether oxygens (including phenoxy) is 2. The van der Waals surface area contributed by atoms with Gasteiger partial charge in [0.15, 0.2) is 6.79 Å². The second-order valence-corrected chi connectivity index (χ2v) is 3.22. The fraction of sp³-hybridized carbons (Fsp3) is 0.250. The topological polar surface area (TPSA) is 18.5 Å². The maximum Gasteiger partial charge on any atom is 0.509 e. The SMILES string of the molecule is COCOc1cc([B-](F)(F)F)ccc1Cl. The highest BCUT2D eigenvalue weighted by atomic mass is 35.5. The van der Waals surface area contributed by atoms with Crippen LogP contribution in [0.25, 0.3) is 0 Å². The fourth-order valence-corrected chi connectivity index (χ4v) is 1.13. The van der Waals surface area contributed by atoms with Crippen molar-refractivity contribution in [2.45, 2.75) is 0 Å². The zero-order valence-corrected chi connectivity index (χ0v) is 8.60. The molecule has 0 aliphatic rings. The maximum absolute atomic E-state index is 12.4. The molecule has 2 nitrogen and oxygen atoms in total. The van der Waals surface area contributed by atoms with E-state index in [-0.39, 0.29) is 17.6 Å². The molecule has 0 spiro atoms. The summed E-state index contributed by atoms with van der Waals surface area (Å²) in [5, 5.41) is 0.121. The summed E-state index contributed by atoms with van der Waals surface area (Å²) in [5.74, 6) is -0.0322. The molecule has 0 bridgehead atoms. The zero-order chi connectivity index (χ0) is 11.5. The van der Waals surface area contributed by atoms with E-state index >= 15 is 0 Å². The molecule has 7 heteroatoms. The van der Waals surface area contributed by atoms with Gasteiger partial charge in [0.1, 0.15) is 5.75 Å². The molecule has 15 heavy (non-hydrogen) atoms. The van der Waals surface area contributed by atoms with Gasteiger partial charge in [-0.25, -0.2) is 0 Å². The number of rotatable bonds is 4. The van der Waals surface area contributed by atoms with Gasteiger partial charge >= 0.3 is 6.98 Å². The van der Waals surface area contributed by atoms with Gasteiger partial charge in [-0.05, 0) is 12.1 Å². The van der Waals surface area contributed by atoms with Gasteiger partial charge in [0.05, 0.1) is 5.02 Å². The Morgan fingerprint density at radius 2 is 2.00 bits per heavy atom. The maximum atomic E-state index is 12.4. The molecule has 0 radical (unpaired) electrons. The Bertz CT molecular complexity index is 343. The number of hydrogen-bond donors (Lipinski definition) is 0. The van der Waals surface area contributed by atoms with E-state index in [2.05, 4.69) is 4.74 Å². The van der Waals surface area contributed by atoms with E-state index < -0.39 is 12.4 Å². The van der Waals surface area contributed by atoms with Gasteiger partial charge in [0.25, 0.3) is 0 Å². The van der Waals surface area contributed by atoms with Gasteiger partial charge in [-0.3, -0.25) is 0 Å². The minimum absolute atomic E-state index is 0.0322. The van der Waals surface area contributed by atoms with Crippen LogP contribution in [0.3, 0.4) is 0 Å². The van der Waals surface area contributed by atoms with E-state index in [1.807, 2.05) is 0 Å². The lowest BCUT2D eigenvalue weighted by atomic mass is 9.80. The van der Waals surface area contributed by atoms with Gasteiger partial charge in [-0.15, -0.1) is 5.46 Å². The summed E-state index contributed by atoms with van der Waals surface area (Å²) >= 11 is 5.64.